The van der Waals surface area contributed by atoms with Crippen LogP contribution in [0.5, 0.6) is 0 Å². The Morgan fingerprint density at radius 3 is 2.50 bits per heavy atom. The van der Waals surface area contributed by atoms with Crippen LogP contribution in [0.15, 0.2) is 42.5 Å². The van der Waals surface area contributed by atoms with Crippen molar-refractivity contribution in [2.24, 2.45) is 5.92 Å². The van der Waals surface area contributed by atoms with Gasteiger partial charge in [0.25, 0.3) is 5.91 Å². The molecule has 0 aliphatic rings. The van der Waals surface area contributed by atoms with Gasteiger partial charge in [0, 0.05) is 17.7 Å². The first-order chi connectivity index (χ1) is 12.4. The molecule has 0 saturated carbocycles. The summed E-state index contributed by atoms with van der Waals surface area (Å²) in [6, 6.07) is 13.0. The standard InChI is InChI=1S/C20H21N3O2S/c1-12(2)10-18(24)21-15-8-9-17-16(11-15)22-20(26-17)23-19(25)14-6-4-13(3)5-7-14/h4-9,11-12H,10H2,1-3H3,(H,21,24)(H,22,23,25). The minimum atomic E-state index is -0.186. The molecule has 0 unspecified atom stereocenters. The summed E-state index contributed by atoms with van der Waals surface area (Å²) in [6.07, 6.45) is 0.479. The van der Waals surface area contributed by atoms with Crippen molar-refractivity contribution in [2.75, 3.05) is 10.6 Å². The highest BCUT2D eigenvalue weighted by Gasteiger charge is 2.11. The zero-order chi connectivity index (χ0) is 18.7. The molecule has 0 spiro atoms. The average molecular weight is 367 g/mol. The lowest BCUT2D eigenvalue weighted by Gasteiger charge is -2.06. The number of hydrogen-bond acceptors (Lipinski definition) is 4. The van der Waals surface area contributed by atoms with Gasteiger partial charge >= 0.3 is 0 Å². The number of anilines is 2. The van der Waals surface area contributed by atoms with Gasteiger partial charge in [-0.1, -0.05) is 42.9 Å². The van der Waals surface area contributed by atoms with E-state index in [1.54, 1.807) is 12.1 Å². The lowest BCUT2D eigenvalue weighted by molar-refractivity contribution is -0.116. The Labute approximate surface area is 156 Å². The zero-order valence-corrected chi connectivity index (χ0v) is 15.8. The Balaban J connectivity index is 1.73. The molecule has 1 aromatic heterocycles. The number of carbonyl (C=O) groups excluding carboxylic acids is 2. The molecule has 0 aliphatic carbocycles. The number of aryl methyl sites for hydroxylation is 1. The monoisotopic (exact) mass is 367 g/mol. The van der Waals surface area contributed by atoms with Crippen molar-refractivity contribution in [3.05, 3.63) is 53.6 Å². The molecule has 5 nitrogen and oxygen atoms in total. The Morgan fingerprint density at radius 1 is 1.08 bits per heavy atom. The quantitative estimate of drug-likeness (QED) is 0.678. The molecule has 3 rings (SSSR count). The normalized spacial score (nSPS) is 10.9. The number of nitrogens with one attached hydrogen (secondary N) is 2. The van der Waals surface area contributed by atoms with Crippen molar-refractivity contribution in [3.8, 4) is 0 Å². The Bertz CT molecular complexity index is 945. The lowest BCUT2D eigenvalue weighted by atomic mass is 10.1. The van der Waals surface area contributed by atoms with E-state index in [2.05, 4.69) is 15.6 Å². The highest BCUT2D eigenvalue weighted by Crippen LogP contribution is 2.28. The van der Waals surface area contributed by atoms with Crippen LogP contribution >= 0.6 is 11.3 Å². The molecule has 26 heavy (non-hydrogen) atoms. The van der Waals surface area contributed by atoms with Crippen molar-refractivity contribution in [1.29, 1.82) is 0 Å². The molecule has 2 amide bonds. The maximum atomic E-state index is 12.3. The molecule has 0 saturated heterocycles. The number of benzene rings is 2. The van der Waals surface area contributed by atoms with E-state index < -0.39 is 0 Å². The predicted octanol–water partition coefficient (Wildman–Crippen LogP) is 4.84. The summed E-state index contributed by atoms with van der Waals surface area (Å²) in [7, 11) is 0. The molecule has 3 aromatic rings. The zero-order valence-electron chi connectivity index (χ0n) is 15.0. The van der Waals surface area contributed by atoms with Crippen molar-refractivity contribution in [2.45, 2.75) is 27.2 Å². The first-order valence-electron chi connectivity index (χ1n) is 8.49. The second kappa shape index (κ2) is 7.66. The third-order valence-corrected chi connectivity index (χ3v) is 4.75. The minimum absolute atomic E-state index is 0.0116. The molecule has 1 heterocycles. The molecule has 0 fully saturated rings. The second-order valence-corrected chi connectivity index (χ2v) is 7.70. The summed E-state index contributed by atoms with van der Waals surface area (Å²) in [5, 5.41) is 6.26. The second-order valence-electron chi connectivity index (χ2n) is 6.67. The first kappa shape index (κ1) is 18.1. The van der Waals surface area contributed by atoms with Gasteiger partial charge in [-0.25, -0.2) is 4.98 Å². The fraction of sp³-hybridized carbons (Fsp3) is 0.250. The van der Waals surface area contributed by atoms with Crippen LogP contribution in [0.4, 0.5) is 10.8 Å². The maximum absolute atomic E-state index is 12.3. The summed E-state index contributed by atoms with van der Waals surface area (Å²) < 4.78 is 0.950. The molecule has 134 valence electrons. The molecule has 0 radical (unpaired) electrons. The van der Waals surface area contributed by atoms with Crippen LogP contribution in [0.1, 0.15) is 36.2 Å². The van der Waals surface area contributed by atoms with Gasteiger partial charge in [-0.15, -0.1) is 0 Å². The van der Waals surface area contributed by atoms with Gasteiger partial charge in [0.05, 0.1) is 10.2 Å². The van der Waals surface area contributed by atoms with Crippen LogP contribution in [-0.4, -0.2) is 16.8 Å². The SMILES string of the molecule is Cc1ccc(C(=O)Nc2nc3cc(NC(=O)CC(C)C)ccc3s2)cc1. The molecular formula is C20H21N3O2S. The van der Waals surface area contributed by atoms with E-state index in [-0.39, 0.29) is 11.8 Å². The van der Waals surface area contributed by atoms with Crippen molar-refractivity contribution in [3.63, 3.8) is 0 Å². The van der Waals surface area contributed by atoms with Gasteiger partial charge in [-0.2, -0.15) is 0 Å². The number of aromatic nitrogens is 1. The summed E-state index contributed by atoms with van der Waals surface area (Å²) in [6.45, 7) is 5.99. The van der Waals surface area contributed by atoms with Gasteiger partial charge in [0.15, 0.2) is 5.13 Å². The number of amides is 2. The van der Waals surface area contributed by atoms with Crippen LogP contribution in [0.3, 0.4) is 0 Å². The molecule has 2 aromatic carbocycles. The Morgan fingerprint density at radius 2 is 1.81 bits per heavy atom. The largest absolute Gasteiger partial charge is 0.326 e. The van der Waals surface area contributed by atoms with Crippen molar-refractivity contribution in [1.82, 2.24) is 4.98 Å². The van der Waals surface area contributed by atoms with E-state index in [1.807, 2.05) is 51.1 Å². The van der Waals surface area contributed by atoms with Gasteiger partial charge in [-0.3, -0.25) is 14.9 Å². The number of nitrogens with zero attached hydrogens (tertiary/aromatic N) is 1. The van der Waals surface area contributed by atoms with E-state index in [0.29, 0.717) is 28.7 Å². The average Bonchev–Trinajstić information content (AvgIpc) is 2.96. The Hall–Kier alpha value is -2.73. The number of hydrogen-bond donors (Lipinski definition) is 2. The lowest BCUT2D eigenvalue weighted by Crippen LogP contribution is -2.13. The highest BCUT2D eigenvalue weighted by molar-refractivity contribution is 7.22. The smallest absolute Gasteiger partial charge is 0.257 e. The van der Waals surface area contributed by atoms with Gasteiger partial charge in [-0.05, 0) is 43.2 Å². The third-order valence-electron chi connectivity index (χ3n) is 3.80. The van der Waals surface area contributed by atoms with E-state index >= 15 is 0 Å². The molecular weight excluding hydrogens is 346 g/mol. The summed E-state index contributed by atoms with van der Waals surface area (Å²) in [5.41, 5.74) is 3.16. The van der Waals surface area contributed by atoms with Crippen LogP contribution < -0.4 is 10.6 Å². The molecule has 0 atom stereocenters. The summed E-state index contributed by atoms with van der Waals surface area (Å²) >= 11 is 1.41. The first-order valence-corrected chi connectivity index (χ1v) is 9.31. The number of rotatable bonds is 5. The summed E-state index contributed by atoms with van der Waals surface area (Å²) in [4.78, 5) is 28.7. The topological polar surface area (TPSA) is 71.1 Å². The molecule has 2 N–H and O–H groups in total. The van der Waals surface area contributed by atoms with Gasteiger partial charge in [0.2, 0.25) is 5.91 Å². The van der Waals surface area contributed by atoms with E-state index in [1.165, 1.54) is 11.3 Å². The van der Waals surface area contributed by atoms with Crippen LogP contribution in [0, 0.1) is 12.8 Å². The summed E-state index contributed by atoms with van der Waals surface area (Å²) in [5.74, 6) is 0.110. The molecule has 6 heteroatoms. The maximum Gasteiger partial charge on any atom is 0.257 e. The van der Waals surface area contributed by atoms with Crippen LogP contribution in [0.25, 0.3) is 10.2 Å². The van der Waals surface area contributed by atoms with Gasteiger partial charge in [0.1, 0.15) is 0 Å². The fourth-order valence-electron chi connectivity index (χ4n) is 2.52. The predicted molar refractivity (Wildman–Crippen MR) is 107 cm³/mol. The number of thiazole rings is 1. The minimum Gasteiger partial charge on any atom is -0.326 e. The molecule has 0 aliphatic heterocycles. The third kappa shape index (κ3) is 4.46. The Kier molecular flexibility index (Phi) is 5.32. The highest BCUT2D eigenvalue weighted by atomic mass is 32.1. The van der Waals surface area contributed by atoms with Crippen LogP contribution in [-0.2, 0) is 4.79 Å². The van der Waals surface area contributed by atoms with Crippen LogP contribution in [0.2, 0.25) is 0 Å². The van der Waals surface area contributed by atoms with E-state index in [4.69, 9.17) is 0 Å². The van der Waals surface area contributed by atoms with E-state index in [9.17, 15) is 9.59 Å². The van der Waals surface area contributed by atoms with Crippen molar-refractivity contribution < 1.29 is 9.59 Å². The number of carbonyl (C=O) groups is 2. The fourth-order valence-corrected chi connectivity index (χ4v) is 3.36. The number of fused-ring (bicyclic) bond motifs is 1. The molecule has 0 bridgehead atoms. The van der Waals surface area contributed by atoms with E-state index in [0.717, 1.165) is 15.8 Å². The van der Waals surface area contributed by atoms with Gasteiger partial charge < -0.3 is 5.32 Å². The van der Waals surface area contributed by atoms with Crippen molar-refractivity contribution >= 4 is 44.2 Å².